The van der Waals surface area contributed by atoms with Crippen LogP contribution in [0.4, 0.5) is 0 Å². The molecule has 0 aliphatic heterocycles. The average molecular weight is 258 g/mol. The maximum Gasteiger partial charge on any atom is 0.0798 e. The molecule has 2 aromatic carbocycles. The summed E-state index contributed by atoms with van der Waals surface area (Å²) in [5.74, 6) is 0. The third-order valence-electron chi connectivity index (χ3n) is 2.98. The Labute approximate surface area is 113 Å². The molecule has 1 N–H and O–H groups in total. The van der Waals surface area contributed by atoms with Crippen molar-refractivity contribution in [3.05, 3.63) is 59.7 Å². The maximum absolute atomic E-state index is 10.0. The number of aryl methyl sites for hydroxylation is 1. The molecule has 94 valence electrons. The van der Waals surface area contributed by atoms with Gasteiger partial charge in [0.15, 0.2) is 0 Å². The number of aliphatic hydroxyl groups is 1. The Morgan fingerprint density at radius 3 is 2.28 bits per heavy atom. The summed E-state index contributed by atoms with van der Waals surface area (Å²) in [5.41, 5.74) is 2.29. The topological polar surface area (TPSA) is 20.2 Å². The summed E-state index contributed by atoms with van der Waals surface area (Å²) in [7, 11) is 0. The summed E-state index contributed by atoms with van der Waals surface area (Å²) in [5, 5.41) is 10.0. The Morgan fingerprint density at radius 1 is 1.00 bits per heavy atom. The van der Waals surface area contributed by atoms with Gasteiger partial charge in [-0.05, 0) is 36.6 Å². The van der Waals surface area contributed by atoms with E-state index in [-0.39, 0.29) is 6.10 Å². The summed E-state index contributed by atoms with van der Waals surface area (Å²) < 4.78 is 0. The Bertz CT molecular complexity index is 522. The first-order valence-corrected chi connectivity index (χ1v) is 7.04. The third kappa shape index (κ3) is 2.95. The summed E-state index contributed by atoms with van der Waals surface area (Å²) >= 11 is 1.72. The molecule has 1 atom stereocenters. The molecule has 1 nitrogen and oxygen atoms in total. The predicted octanol–water partition coefficient (Wildman–Crippen LogP) is 4.59. The van der Waals surface area contributed by atoms with Crippen LogP contribution in [0.3, 0.4) is 0 Å². The number of benzene rings is 2. The second kappa shape index (κ2) is 6.07. The van der Waals surface area contributed by atoms with Crippen molar-refractivity contribution in [1.82, 2.24) is 0 Å². The highest BCUT2D eigenvalue weighted by molar-refractivity contribution is 7.99. The number of hydrogen-bond acceptors (Lipinski definition) is 2. The number of aliphatic hydroxyl groups excluding tert-OH is 1. The molecule has 2 rings (SSSR count). The zero-order chi connectivity index (χ0) is 13.0. The summed E-state index contributed by atoms with van der Waals surface area (Å²) in [6.45, 7) is 4.11. The predicted molar refractivity (Wildman–Crippen MR) is 77.0 cm³/mol. The van der Waals surface area contributed by atoms with E-state index in [0.29, 0.717) is 0 Å². The van der Waals surface area contributed by atoms with Gasteiger partial charge in [0.05, 0.1) is 6.10 Å². The lowest BCUT2D eigenvalue weighted by Crippen LogP contribution is -1.97. The van der Waals surface area contributed by atoms with Crippen molar-refractivity contribution in [2.24, 2.45) is 0 Å². The van der Waals surface area contributed by atoms with E-state index in [4.69, 9.17) is 0 Å². The third-order valence-corrected chi connectivity index (χ3v) is 4.25. The molecule has 0 radical (unpaired) electrons. The Kier molecular flexibility index (Phi) is 4.45. The van der Waals surface area contributed by atoms with Crippen LogP contribution in [0.25, 0.3) is 0 Å². The lowest BCUT2D eigenvalue weighted by molar-refractivity contribution is 0.171. The number of hydrogen-bond donors (Lipinski definition) is 1. The van der Waals surface area contributed by atoms with Gasteiger partial charge in [-0.1, -0.05) is 55.1 Å². The van der Waals surface area contributed by atoms with Gasteiger partial charge < -0.3 is 5.11 Å². The van der Waals surface area contributed by atoms with Crippen LogP contribution in [0.15, 0.2) is 58.3 Å². The molecule has 0 amide bonds. The second-order valence-corrected chi connectivity index (χ2v) is 5.41. The molecule has 0 saturated heterocycles. The maximum atomic E-state index is 10.0. The molecule has 18 heavy (non-hydrogen) atoms. The monoisotopic (exact) mass is 258 g/mol. The van der Waals surface area contributed by atoms with Gasteiger partial charge in [0, 0.05) is 9.79 Å². The second-order valence-electron chi connectivity index (χ2n) is 4.33. The van der Waals surface area contributed by atoms with E-state index in [0.717, 1.165) is 16.9 Å². The summed E-state index contributed by atoms with van der Waals surface area (Å²) in [6, 6.07) is 16.4. The Hall–Kier alpha value is -1.25. The van der Waals surface area contributed by atoms with Crippen LogP contribution in [0.1, 0.15) is 30.6 Å². The summed E-state index contributed by atoms with van der Waals surface area (Å²) in [4.78, 5) is 2.38. The minimum Gasteiger partial charge on any atom is -0.388 e. The first kappa shape index (κ1) is 13.2. The molecule has 0 spiro atoms. The van der Waals surface area contributed by atoms with E-state index in [1.54, 1.807) is 11.8 Å². The zero-order valence-electron chi connectivity index (χ0n) is 10.8. The highest BCUT2D eigenvalue weighted by Crippen LogP contribution is 2.35. The van der Waals surface area contributed by atoms with E-state index < -0.39 is 0 Å². The van der Waals surface area contributed by atoms with Crippen LogP contribution in [0.5, 0.6) is 0 Å². The van der Waals surface area contributed by atoms with Crippen molar-refractivity contribution in [3.63, 3.8) is 0 Å². The normalized spacial score (nSPS) is 12.4. The highest BCUT2D eigenvalue weighted by atomic mass is 32.2. The molecule has 2 heteroatoms. The van der Waals surface area contributed by atoms with E-state index in [2.05, 4.69) is 25.1 Å². The number of rotatable bonds is 4. The fourth-order valence-corrected chi connectivity index (χ4v) is 2.94. The van der Waals surface area contributed by atoms with Gasteiger partial charge in [-0.15, -0.1) is 0 Å². The van der Waals surface area contributed by atoms with Crippen LogP contribution in [-0.4, -0.2) is 5.11 Å². The lowest BCUT2D eigenvalue weighted by atomic mass is 10.1. The highest BCUT2D eigenvalue weighted by Gasteiger charge is 2.11. The standard InChI is InChI=1S/C16H18OS/c1-3-14(17)13-9-5-7-11-16(13)18-15-10-6-4-8-12(15)2/h4-11,14,17H,3H2,1-2H3/t14-/m0/s1. The average Bonchev–Trinajstić information content (AvgIpc) is 2.41. The van der Waals surface area contributed by atoms with Crippen LogP contribution in [-0.2, 0) is 0 Å². The van der Waals surface area contributed by atoms with Crippen LogP contribution in [0.2, 0.25) is 0 Å². The van der Waals surface area contributed by atoms with Crippen molar-refractivity contribution in [1.29, 1.82) is 0 Å². The molecule has 0 saturated carbocycles. The van der Waals surface area contributed by atoms with Crippen molar-refractivity contribution >= 4 is 11.8 Å². The fourth-order valence-electron chi connectivity index (χ4n) is 1.86. The van der Waals surface area contributed by atoms with Crippen molar-refractivity contribution < 1.29 is 5.11 Å². The quantitative estimate of drug-likeness (QED) is 0.865. The van der Waals surface area contributed by atoms with Gasteiger partial charge in [0.2, 0.25) is 0 Å². The molecule has 0 unspecified atom stereocenters. The van der Waals surface area contributed by atoms with Gasteiger partial charge in [-0.25, -0.2) is 0 Å². The van der Waals surface area contributed by atoms with Crippen LogP contribution < -0.4 is 0 Å². The Morgan fingerprint density at radius 2 is 1.61 bits per heavy atom. The van der Waals surface area contributed by atoms with Gasteiger partial charge in [-0.2, -0.15) is 0 Å². The van der Waals surface area contributed by atoms with E-state index >= 15 is 0 Å². The molecule has 0 aliphatic rings. The van der Waals surface area contributed by atoms with Gasteiger partial charge in [-0.3, -0.25) is 0 Å². The molecule has 0 fully saturated rings. The lowest BCUT2D eigenvalue weighted by Gasteiger charge is -2.14. The molecule has 0 aromatic heterocycles. The van der Waals surface area contributed by atoms with E-state index in [1.165, 1.54) is 10.5 Å². The van der Waals surface area contributed by atoms with Crippen LogP contribution >= 0.6 is 11.8 Å². The first-order chi connectivity index (χ1) is 8.72. The largest absolute Gasteiger partial charge is 0.388 e. The molecule has 0 heterocycles. The molecule has 2 aromatic rings. The van der Waals surface area contributed by atoms with Gasteiger partial charge in [0.1, 0.15) is 0 Å². The summed E-state index contributed by atoms with van der Waals surface area (Å²) in [6.07, 6.45) is 0.364. The van der Waals surface area contributed by atoms with Gasteiger partial charge >= 0.3 is 0 Å². The molecular weight excluding hydrogens is 240 g/mol. The smallest absolute Gasteiger partial charge is 0.0798 e. The van der Waals surface area contributed by atoms with Crippen molar-refractivity contribution in [2.75, 3.05) is 0 Å². The van der Waals surface area contributed by atoms with Crippen molar-refractivity contribution in [2.45, 2.75) is 36.2 Å². The first-order valence-electron chi connectivity index (χ1n) is 6.23. The molecule has 0 bridgehead atoms. The fraction of sp³-hybridized carbons (Fsp3) is 0.250. The van der Waals surface area contributed by atoms with Crippen LogP contribution in [0, 0.1) is 6.92 Å². The molecule has 0 aliphatic carbocycles. The Balaban J connectivity index is 2.32. The molecular formula is C16H18OS. The minimum atomic E-state index is -0.377. The SMILES string of the molecule is CC[C@H](O)c1ccccc1Sc1ccccc1C. The van der Waals surface area contributed by atoms with E-state index in [9.17, 15) is 5.11 Å². The minimum absolute atomic E-state index is 0.377. The van der Waals surface area contributed by atoms with Gasteiger partial charge in [0.25, 0.3) is 0 Å². The van der Waals surface area contributed by atoms with Crippen molar-refractivity contribution in [3.8, 4) is 0 Å². The zero-order valence-corrected chi connectivity index (χ0v) is 11.6. The van der Waals surface area contributed by atoms with E-state index in [1.807, 2.05) is 37.3 Å².